The Morgan fingerprint density at radius 3 is 2.17 bits per heavy atom. The van der Waals surface area contributed by atoms with Gasteiger partial charge >= 0.3 is 0 Å². The van der Waals surface area contributed by atoms with Gasteiger partial charge in [0, 0.05) is 10.4 Å². The summed E-state index contributed by atoms with van der Waals surface area (Å²) in [6.45, 7) is 7.18. The summed E-state index contributed by atoms with van der Waals surface area (Å²) in [6.07, 6.45) is 8.68. The largest absolute Gasteiger partial charge is 0.342 e. The average molecular weight is 333 g/mol. The Labute approximate surface area is 146 Å². The number of quaternary nitrogens is 1. The molecule has 2 N–H and O–H groups in total. The van der Waals surface area contributed by atoms with Gasteiger partial charge in [-0.1, -0.05) is 23.7 Å². The fourth-order valence-electron chi connectivity index (χ4n) is 6.79. The molecule has 0 spiro atoms. The van der Waals surface area contributed by atoms with Crippen molar-refractivity contribution in [3.63, 3.8) is 0 Å². The molecular formula is C21H31ClN+. The number of halogens is 1. The van der Waals surface area contributed by atoms with Gasteiger partial charge in [-0.25, -0.2) is 0 Å². The second kappa shape index (κ2) is 5.49. The lowest BCUT2D eigenvalue weighted by Gasteiger charge is -2.63. The molecule has 5 atom stereocenters. The summed E-state index contributed by atoms with van der Waals surface area (Å²) in [7, 11) is 0. The van der Waals surface area contributed by atoms with Gasteiger partial charge in [-0.05, 0) is 94.2 Å². The molecule has 0 heterocycles. The molecule has 5 rings (SSSR count). The van der Waals surface area contributed by atoms with E-state index in [1.165, 1.54) is 38.5 Å². The zero-order valence-corrected chi connectivity index (χ0v) is 15.6. The van der Waals surface area contributed by atoms with E-state index in [9.17, 15) is 0 Å². The van der Waals surface area contributed by atoms with Crippen molar-refractivity contribution in [2.45, 2.75) is 76.8 Å². The van der Waals surface area contributed by atoms with E-state index in [0.29, 0.717) is 16.9 Å². The molecule has 4 saturated carbocycles. The number of hydrogen-bond donors (Lipinski definition) is 1. The molecule has 1 nitrogen and oxygen atoms in total. The monoisotopic (exact) mass is 332 g/mol. The van der Waals surface area contributed by atoms with Crippen LogP contribution in [0.1, 0.15) is 64.9 Å². The van der Waals surface area contributed by atoms with Crippen molar-refractivity contribution in [3.05, 3.63) is 34.9 Å². The van der Waals surface area contributed by atoms with Gasteiger partial charge < -0.3 is 5.32 Å². The number of benzene rings is 1. The molecule has 4 fully saturated rings. The van der Waals surface area contributed by atoms with Crippen LogP contribution in [0.3, 0.4) is 0 Å². The van der Waals surface area contributed by atoms with Crippen molar-refractivity contribution in [1.29, 1.82) is 0 Å². The Kier molecular flexibility index (Phi) is 3.81. The minimum Gasteiger partial charge on any atom is -0.342 e. The molecule has 4 aliphatic rings. The Bertz CT molecular complexity index is 562. The van der Waals surface area contributed by atoms with Gasteiger partial charge in [0.25, 0.3) is 0 Å². The highest BCUT2D eigenvalue weighted by Crippen LogP contribution is 2.66. The van der Waals surface area contributed by atoms with Crippen LogP contribution < -0.4 is 5.32 Å². The maximum atomic E-state index is 6.15. The van der Waals surface area contributed by atoms with E-state index in [1.807, 2.05) is 0 Å². The van der Waals surface area contributed by atoms with E-state index in [4.69, 9.17) is 11.6 Å². The van der Waals surface area contributed by atoms with Crippen LogP contribution in [0.5, 0.6) is 0 Å². The van der Waals surface area contributed by atoms with E-state index in [-0.39, 0.29) is 0 Å². The van der Waals surface area contributed by atoms with Crippen molar-refractivity contribution < 1.29 is 5.32 Å². The summed E-state index contributed by atoms with van der Waals surface area (Å²) < 4.78 is 0. The maximum Gasteiger partial charge on any atom is 0.0889 e. The molecule has 0 aromatic heterocycles. The van der Waals surface area contributed by atoms with Crippen LogP contribution in [0.4, 0.5) is 0 Å². The lowest BCUT2D eigenvalue weighted by Crippen LogP contribution is -2.96. The van der Waals surface area contributed by atoms with Crippen LogP contribution in [-0.4, -0.2) is 12.1 Å². The quantitative estimate of drug-likeness (QED) is 0.833. The minimum atomic E-state index is 0.438. The third-order valence-corrected chi connectivity index (χ3v) is 7.45. The summed E-state index contributed by atoms with van der Waals surface area (Å²) >= 11 is 6.15. The molecule has 0 amide bonds. The van der Waals surface area contributed by atoms with Gasteiger partial charge in [0.1, 0.15) is 0 Å². The number of rotatable bonds is 4. The third kappa shape index (κ3) is 2.65. The van der Waals surface area contributed by atoms with Gasteiger partial charge in [-0.3, -0.25) is 0 Å². The molecule has 1 aromatic carbocycles. The van der Waals surface area contributed by atoms with Gasteiger partial charge in [0.05, 0.1) is 12.1 Å². The lowest BCUT2D eigenvalue weighted by molar-refractivity contribution is -0.727. The highest BCUT2D eigenvalue weighted by atomic mass is 35.5. The SMILES string of the molecule is CC(C)[NH2+][C@H](C)C12C[C@@H]3C[C@@H](CC(c4ccc(Cl)cc4)(C3)C1)C2. The molecular weight excluding hydrogens is 302 g/mol. The Morgan fingerprint density at radius 2 is 1.61 bits per heavy atom. The second-order valence-electron chi connectivity index (χ2n) is 9.34. The highest BCUT2D eigenvalue weighted by molar-refractivity contribution is 6.30. The van der Waals surface area contributed by atoms with E-state index < -0.39 is 0 Å². The maximum absolute atomic E-state index is 6.15. The smallest absolute Gasteiger partial charge is 0.0889 e. The standard InChI is InChI=1S/C21H30ClN/c1-14(2)23-15(3)20-9-16-8-17(10-20)12-21(11-16,13-20)18-4-6-19(22)7-5-18/h4-7,14-17,23H,8-13H2,1-3H3/p+1/t15-,16-,17+,20?,21?/m1/s1. The number of nitrogens with two attached hydrogens (primary N) is 1. The van der Waals surface area contributed by atoms with E-state index in [0.717, 1.165) is 22.9 Å². The molecule has 1 aromatic rings. The first-order valence-electron chi connectivity index (χ1n) is 9.52. The van der Waals surface area contributed by atoms with Crippen LogP contribution >= 0.6 is 11.6 Å². The first-order chi connectivity index (χ1) is 10.9. The van der Waals surface area contributed by atoms with Gasteiger partial charge in [0.15, 0.2) is 0 Å². The van der Waals surface area contributed by atoms with Crippen molar-refractivity contribution in [2.75, 3.05) is 0 Å². The zero-order valence-electron chi connectivity index (χ0n) is 14.8. The fourth-order valence-corrected chi connectivity index (χ4v) is 6.91. The summed E-state index contributed by atoms with van der Waals surface area (Å²) in [5.74, 6) is 1.91. The molecule has 126 valence electrons. The Balaban J connectivity index is 1.69. The fraction of sp³-hybridized carbons (Fsp3) is 0.714. The van der Waals surface area contributed by atoms with Gasteiger partial charge in [0.2, 0.25) is 0 Å². The molecule has 23 heavy (non-hydrogen) atoms. The van der Waals surface area contributed by atoms with E-state index in [2.05, 4.69) is 50.4 Å². The van der Waals surface area contributed by atoms with Crippen LogP contribution in [0.2, 0.25) is 5.02 Å². The highest BCUT2D eigenvalue weighted by Gasteiger charge is 2.60. The van der Waals surface area contributed by atoms with Crippen LogP contribution in [-0.2, 0) is 5.41 Å². The summed E-state index contributed by atoms with van der Waals surface area (Å²) in [5.41, 5.74) is 2.57. The Hall–Kier alpha value is -0.530. The first-order valence-corrected chi connectivity index (χ1v) is 9.90. The van der Waals surface area contributed by atoms with E-state index in [1.54, 1.807) is 5.56 Å². The third-order valence-electron chi connectivity index (χ3n) is 7.20. The van der Waals surface area contributed by atoms with Crippen LogP contribution in [0.25, 0.3) is 0 Å². The second-order valence-corrected chi connectivity index (χ2v) is 9.77. The predicted octanol–water partition coefficient (Wildman–Crippen LogP) is 4.54. The molecule has 4 aliphatic carbocycles. The zero-order chi connectivity index (χ0) is 16.2. The minimum absolute atomic E-state index is 0.438. The topological polar surface area (TPSA) is 16.6 Å². The van der Waals surface area contributed by atoms with Crippen molar-refractivity contribution in [2.24, 2.45) is 17.3 Å². The van der Waals surface area contributed by atoms with Crippen molar-refractivity contribution in [1.82, 2.24) is 0 Å². The molecule has 0 radical (unpaired) electrons. The lowest BCUT2D eigenvalue weighted by atomic mass is 9.41. The average Bonchev–Trinajstić information content (AvgIpc) is 2.45. The summed E-state index contributed by atoms with van der Waals surface area (Å²) in [4.78, 5) is 0. The summed E-state index contributed by atoms with van der Waals surface area (Å²) in [6, 6.07) is 10.3. The normalized spacial score (nSPS) is 39.9. The molecule has 4 bridgehead atoms. The van der Waals surface area contributed by atoms with E-state index >= 15 is 0 Å². The summed E-state index contributed by atoms with van der Waals surface area (Å²) in [5, 5.41) is 3.50. The van der Waals surface area contributed by atoms with Crippen LogP contribution in [0, 0.1) is 17.3 Å². The molecule has 2 heteroatoms. The van der Waals surface area contributed by atoms with Crippen LogP contribution in [0.15, 0.2) is 24.3 Å². The first kappa shape index (κ1) is 16.0. The molecule has 2 unspecified atom stereocenters. The number of hydrogen-bond acceptors (Lipinski definition) is 0. The Morgan fingerprint density at radius 1 is 1.00 bits per heavy atom. The van der Waals surface area contributed by atoms with Crippen molar-refractivity contribution >= 4 is 11.6 Å². The van der Waals surface area contributed by atoms with Gasteiger partial charge in [-0.2, -0.15) is 0 Å². The van der Waals surface area contributed by atoms with Gasteiger partial charge in [-0.15, -0.1) is 0 Å². The molecule has 0 aliphatic heterocycles. The predicted molar refractivity (Wildman–Crippen MR) is 96.8 cm³/mol. The molecule has 0 saturated heterocycles. The van der Waals surface area contributed by atoms with Crippen molar-refractivity contribution in [3.8, 4) is 0 Å².